The topological polar surface area (TPSA) is 32.9 Å². The molecule has 0 atom stereocenters. The maximum Gasteiger partial charge on any atom is 0.248 e. The molecule has 16 heavy (non-hydrogen) atoms. The first kappa shape index (κ1) is 11.2. The number of rotatable bonds is 0. The van der Waals surface area contributed by atoms with Gasteiger partial charge < -0.3 is 4.98 Å². The van der Waals surface area contributed by atoms with Crippen LogP contribution in [0.15, 0.2) is 29.1 Å². The minimum atomic E-state index is -0.127. The van der Waals surface area contributed by atoms with Crippen molar-refractivity contribution in [1.29, 1.82) is 0 Å². The Morgan fingerprint density at radius 1 is 1.19 bits per heavy atom. The molecule has 0 aliphatic carbocycles. The van der Waals surface area contributed by atoms with Gasteiger partial charge in [0.2, 0.25) is 5.56 Å². The highest BCUT2D eigenvalue weighted by atomic mass is 35.5. The highest BCUT2D eigenvalue weighted by molar-refractivity contribution is 6.35. The van der Waals surface area contributed by atoms with Crippen LogP contribution in [0.5, 0.6) is 0 Å². The van der Waals surface area contributed by atoms with Crippen LogP contribution in [-0.2, 0) is 5.41 Å². The van der Waals surface area contributed by atoms with E-state index >= 15 is 0 Å². The molecule has 0 radical (unpaired) electrons. The monoisotopic (exact) mass is 235 g/mol. The van der Waals surface area contributed by atoms with Crippen LogP contribution in [0.25, 0.3) is 10.9 Å². The molecule has 0 amide bonds. The quantitative estimate of drug-likeness (QED) is 0.745. The summed E-state index contributed by atoms with van der Waals surface area (Å²) in [7, 11) is 0. The summed E-state index contributed by atoms with van der Waals surface area (Å²) < 4.78 is 0. The SMILES string of the molecule is CC(C)(C)c1cc(Cl)c2[nH]c(=O)ccc2c1. The van der Waals surface area contributed by atoms with Gasteiger partial charge in [-0.3, -0.25) is 4.79 Å². The highest BCUT2D eigenvalue weighted by Crippen LogP contribution is 2.29. The summed E-state index contributed by atoms with van der Waals surface area (Å²) in [5.74, 6) is 0. The number of aromatic nitrogens is 1. The van der Waals surface area contributed by atoms with Crippen LogP contribution in [0.2, 0.25) is 5.02 Å². The molecule has 2 rings (SSSR count). The van der Waals surface area contributed by atoms with Gasteiger partial charge in [0.1, 0.15) is 0 Å². The molecule has 1 heterocycles. The third kappa shape index (κ3) is 1.98. The van der Waals surface area contributed by atoms with E-state index < -0.39 is 0 Å². The van der Waals surface area contributed by atoms with E-state index in [1.54, 1.807) is 6.07 Å². The lowest BCUT2D eigenvalue weighted by molar-refractivity contribution is 0.591. The molecule has 2 aromatic rings. The smallest absolute Gasteiger partial charge is 0.248 e. The fraction of sp³-hybridized carbons (Fsp3) is 0.308. The molecular weight excluding hydrogens is 222 g/mol. The number of hydrogen-bond donors (Lipinski definition) is 1. The summed E-state index contributed by atoms with van der Waals surface area (Å²) in [4.78, 5) is 14.0. The van der Waals surface area contributed by atoms with E-state index in [9.17, 15) is 4.79 Å². The Morgan fingerprint density at radius 3 is 2.50 bits per heavy atom. The Balaban J connectivity index is 2.78. The second-order valence-electron chi connectivity index (χ2n) is 4.99. The Labute approximate surface area is 99.3 Å². The predicted octanol–water partition coefficient (Wildman–Crippen LogP) is 3.48. The van der Waals surface area contributed by atoms with Crippen LogP contribution in [0.4, 0.5) is 0 Å². The molecule has 84 valence electrons. The van der Waals surface area contributed by atoms with Crippen molar-refractivity contribution in [1.82, 2.24) is 4.98 Å². The van der Waals surface area contributed by atoms with E-state index in [0.717, 1.165) is 10.9 Å². The third-order valence-corrected chi connectivity index (χ3v) is 2.95. The lowest BCUT2D eigenvalue weighted by atomic mass is 9.86. The summed E-state index contributed by atoms with van der Waals surface area (Å²) in [5, 5.41) is 1.57. The molecule has 0 aliphatic heterocycles. The summed E-state index contributed by atoms with van der Waals surface area (Å²) in [5.41, 5.74) is 1.80. The number of benzene rings is 1. The van der Waals surface area contributed by atoms with Crippen LogP contribution in [0.1, 0.15) is 26.3 Å². The lowest BCUT2D eigenvalue weighted by Gasteiger charge is -2.20. The van der Waals surface area contributed by atoms with E-state index in [-0.39, 0.29) is 11.0 Å². The molecule has 2 nitrogen and oxygen atoms in total. The zero-order valence-corrected chi connectivity index (χ0v) is 10.4. The number of fused-ring (bicyclic) bond motifs is 1. The molecule has 3 heteroatoms. The summed E-state index contributed by atoms with van der Waals surface area (Å²) >= 11 is 6.17. The molecule has 0 spiro atoms. The minimum Gasteiger partial charge on any atom is -0.321 e. The van der Waals surface area contributed by atoms with Gasteiger partial charge in [0.05, 0.1) is 10.5 Å². The normalized spacial score (nSPS) is 12.0. The van der Waals surface area contributed by atoms with E-state index in [2.05, 4.69) is 31.8 Å². The molecule has 0 aliphatic rings. The average molecular weight is 236 g/mol. The van der Waals surface area contributed by atoms with Crippen molar-refractivity contribution in [3.05, 3.63) is 45.2 Å². The van der Waals surface area contributed by atoms with Gasteiger partial charge in [0.25, 0.3) is 0 Å². The molecule has 1 aromatic carbocycles. The second kappa shape index (κ2) is 3.63. The highest BCUT2D eigenvalue weighted by Gasteiger charge is 2.15. The van der Waals surface area contributed by atoms with E-state index in [1.165, 1.54) is 6.07 Å². The van der Waals surface area contributed by atoms with Crippen molar-refractivity contribution in [2.24, 2.45) is 0 Å². The first-order chi connectivity index (χ1) is 7.38. The first-order valence-electron chi connectivity index (χ1n) is 5.21. The van der Waals surface area contributed by atoms with Crippen LogP contribution < -0.4 is 5.56 Å². The zero-order valence-electron chi connectivity index (χ0n) is 9.60. The van der Waals surface area contributed by atoms with E-state index in [0.29, 0.717) is 10.5 Å². The third-order valence-electron chi connectivity index (χ3n) is 2.65. The second-order valence-corrected chi connectivity index (χ2v) is 5.40. The standard InChI is InChI=1S/C13H14ClNO/c1-13(2,3)9-6-8-4-5-11(16)15-12(8)10(14)7-9/h4-7H,1-3H3,(H,15,16). The van der Waals surface area contributed by atoms with Gasteiger partial charge in [-0.05, 0) is 29.2 Å². The van der Waals surface area contributed by atoms with Gasteiger partial charge in [-0.2, -0.15) is 0 Å². The average Bonchev–Trinajstić information content (AvgIpc) is 2.17. The van der Waals surface area contributed by atoms with Gasteiger partial charge in [0.15, 0.2) is 0 Å². The van der Waals surface area contributed by atoms with Crippen molar-refractivity contribution in [3.8, 4) is 0 Å². The number of pyridine rings is 1. The van der Waals surface area contributed by atoms with Crippen LogP contribution in [0.3, 0.4) is 0 Å². The lowest BCUT2D eigenvalue weighted by Crippen LogP contribution is -2.11. The Hall–Kier alpha value is -1.28. The molecule has 0 saturated heterocycles. The van der Waals surface area contributed by atoms with Crippen molar-refractivity contribution < 1.29 is 0 Å². The molecule has 1 aromatic heterocycles. The van der Waals surface area contributed by atoms with Gasteiger partial charge in [-0.15, -0.1) is 0 Å². The molecule has 0 saturated carbocycles. The van der Waals surface area contributed by atoms with Crippen molar-refractivity contribution >= 4 is 22.5 Å². The van der Waals surface area contributed by atoms with Gasteiger partial charge in [-0.25, -0.2) is 0 Å². The number of nitrogens with one attached hydrogen (secondary N) is 1. The van der Waals surface area contributed by atoms with Crippen LogP contribution in [-0.4, -0.2) is 4.98 Å². The summed E-state index contributed by atoms with van der Waals surface area (Å²) in [6, 6.07) is 7.30. The van der Waals surface area contributed by atoms with Gasteiger partial charge in [-0.1, -0.05) is 32.4 Å². The molecule has 0 fully saturated rings. The Bertz CT molecular complexity index is 593. The predicted molar refractivity (Wildman–Crippen MR) is 68.3 cm³/mol. The van der Waals surface area contributed by atoms with Gasteiger partial charge in [0, 0.05) is 11.5 Å². The molecule has 0 bridgehead atoms. The fourth-order valence-electron chi connectivity index (χ4n) is 1.65. The molecule has 1 N–H and O–H groups in total. The largest absolute Gasteiger partial charge is 0.321 e. The Kier molecular flexibility index (Phi) is 2.55. The Morgan fingerprint density at radius 2 is 1.88 bits per heavy atom. The van der Waals surface area contributed by atoms with Crippen molar-refractivity contribution in [2.45, 2.75) is 26.2 Å². The number of aromatic amines is 1. The van der Waals surface area contributed by atoms with E-state index in [4.69, 9.17) is 11.6 Å². The van der Waals surface area contributed by atoms with Gasteiger partial charge >= 0.3 is 0 Å². The number of H-pyrrole nitrogens is 1. The number of halogens is 1. The summed E-state index contributed by atoms with van der Waals surface area (Å²) in [6.45, 7) is 6.41. The zero-order chi connectivity index (χ0) is 11.9. The van der Waals surface area contributed by atoms with E-state index in [1.807, 2.05) is 6.07 Å². The minimum absolute atomic E-state index is 0.0496. The summed E-state index contributed by atoms with van der Waals surface area (Å²) in [6.07, 6.45) is 0. The van der Waals surface area contributed by atoms with Crippen molar-refractivity contribution in [2.75, 3.05) is 0 Å². The van der Waals surface area contributed by atoms with Crippen LogP contribution >= 0.6 is 11.6 Å². The fourth-order valence-corrected chi connectivity index (χ4v) is 1.93. The van der Waals surface area contributed by atoms with Crippen molar-refractivity contribution in [3.63, 3.8) is 0 Å². The molecule has 0 unspecified atom stereocenters. The molecular formula is C13H14ClNO. The first-order valence-corrected chi connectivity index (χ1v) is 5.59. The number of hydrogen-bond acceptors (Lipinski definition) is 1. The maximum absolute atomic E-state index is 11.2. The van der Waals surface area contributed by atoms with Crippen LogP contribution in [0, 0.1) is 0 Å². The maximum atomic E-state index is 11.2.